The number of carbonyl (C=O) groups excluding carboxylic acids is 2. The number of nitrogens with zero attached hydrogens (tertiary/aromatic N) is 4. The molecular weight excluding hydrogens is 516 g/mol. The highest BCUT2D eigenvalue weighted by Crippen LogP contribution is 2.46. The molecule has 0 N–H and O–H groups in total. The summed E-state index contributed by atoms with van der Waals surface area (Å²) in [6.45, 7) is 0. The van der Waals surface area contributed by atoms with Crippen LogP contribution in [0.1, 0.15) is 43.3 Å². The van der Waals surface area contributed by atoms with E-state index < -0.39 is 34.0 Å². The van der Waals surface area contributed by atoms with Gasteiger partial charge in [-0.05, 0) is 29.8 Å². The minimum Gasteiger partial charge on any atom is -0.423 e. The standard InChI is InChI=1S/C29H20N4O7/c1-31-26-23(27(35)32(2)29(31)37)21(22-24(30-26)19-5-3-4-6-20(19)25(22)34)15-9-13-18(14-10-15)40-28(36)16-7-11-17(12-8-16)33(38)39/h3-14,21-22H,1-2H3. The van der Waals surface area contributed by atoms with E-state index in [0.717, 1.165) is 4.57 Å². The van der Waals surface area contributed by atoms with E-state index in [-0.39, 0.29) is 34.2 Å². The Morgan fingerprint density at radius 2 is 1.52 bits per heavy atom. The van der Waals surface area contributed by atoms with Gasteiger partial charge in [-0.3, -0.25) is 28.8 Å². The van der Waals surface area contributed by atoms with Gasteiger partial charge in [0.25, 0.3) is 11.2 Å². The van der Waals surface area contributed by atoms with Crippen LogP contribution in [-0.2, 0) is 14.1 Å². The Hall–Kier alpha value is -5.45. The van der Waals surface area contributed by atoms with Crippen molar-refractivity contribution >= 4 is 29.0 Å². The highest BCUT2D eigenvalue weighted by molar-refractivity contribution is 6.30. The summed E-state index contributed by atoms with van der Waals surface area (Å²) in [6.07, 6.45) is 0. The number of ketones is 1. The van der Waals surface area contributed by atoms with E-state index in [1.165, 1.54) is 42.9 Å². The molecule has 0 saturated carbocycles. The first kappa shape index (κ1) is 24.9. The van der Waals surface area contributed by atoms with Gasteiger partial charge in [0.05, 0.1) is 27.7 Å². The van der Waals surface area contributed by atoms with Gasteiger partial charge in [-0.25, -0.2) is 14.6 Å². The number of benzene rings is 3. The molecule has 2 unspecified atom stereocenters. The van der Waals surface area contributed by atoms with Gasteiger partial charge < -0.3 is 4.74 Å². The molecule has 11 nitrogen and oxygen atoms in total. The number of rotatable bonds is 4. The molecule has 1 aliphatic heterocycles. The molecule has 1 aromatic heterocycles. The largest absolute Gasteiger partial charge is 0.423 e. The Balaban J connectivity index is 1.41. The van der Waals surface area contributed by atoms with Gasteiger partial charge in [-0.2, -0.15) is 0 Å². The lowest BCUT2D eigenvalue weighted by atomic mass is 9.76. The second kappa shape index (κ2) is 9.09. The number of esters is 1. The van der Waals surface area contributed by atoms with Crippen LogP contribution in [0, 0.1) is 16.0 Å². The molecule has 11 heteroatoms. The molecule has 2 aliphatic rings. The monoisotopic (exact) mass is 536 g/mol. The summed E-state index contributed by atoms with van der Waals surface area (Å²) >= 11 is 0. The van der Waals surface area contributed by atoms with Gasteiger partial charge >= 0.3 is 11.7 Å². The van der Waals surface area contributed by atoms with Gasteiger partial charge in [0.2, 0.25) is 0 Å². The lowest BCUT2D eigenvalue weighted by Gasteiger charge is -2.30. The third kappa shape index (κ3) is 3.70. The predicted octanol–water partition coefficient (Wildman–Crippen LogP) is 3.29. The highest BCUT2D eigenvalue weighted by Gasteiger charge is 2.47. The number of carbonyl (C=O) groups is 2. The average Bonchev–Trinajstić information content (AvgIpc) is 3.26. The first-order chi connectivity index (χ1) is 19.2. The lowest BCUT2D eigenvalue weighted by molar-refractivity contribution is -0.384. The van der Waals surface area contributed by atoms with Crippen molar-refractivity contribution in [3.8, 4) is 5.75 Å². The first-order valence-electron chi connectivity index (χ1n) is 12.3. The number of hydrogen-bond donors (Lipinski definition) is 0. The molecule has 2 atom stereocenters. The molecule has 0 fully saturated rings. The molecule has 0 bridgehead atoms. The molecule has 0 spiro atoms. The number of aromatic nitrogens is 2. The average molecular weight is 537 g/mol. The Morgan fingerprint density at radius 3 is 2.17 bits per heavy atom. The Bertz CT molecular complexity index is 1900. The van der Waals surface area contributed by atoms with Gasteiger partial charge in [0.15, 0.2) is 5.78 Å². The number of non-ortho nitro benzene ring substituents is 1. The molecular formula is C29H20N4O7. The molecule has 3 aromatic carbocycles. The molecule has 4 aromatic rings. The molecule has 0 amide bonds. The summed E-state index contributed by atoms with van der Waals surface area (Å²) in [4.78, 5) is 67.4. The quantitative estimate of drug-likeness (QED) is 0.169. The number of nitro groups is 1. The van der Waals surface area contributed by atoms with E-state index in [1.807, 2.05) is 0 Å². The van der Waals surface area contributed by atoms with E-state index in [2.05, 4.69) is 4.99 Å². The van der Waals surface area contributed by atoms with Crippen molar-refractivity contribution in [1.82, 2.24) is 9.13 Å². The van der Waals surface area contributed by atoms with Crippen LogP contribution in [0.5, 0.6) is 5.75 Å². The van der Waals surface area contributed by atoms with Crippen molar-refractivity contribution in [1.29, 1.82) is 0 Å². The van der Waals surface area contributed by atoms with Crippen LogP contribution in [0.2, 0.25) is 0 Å². The van der Waals surface area contributed by atoms with E-state index in [9.17, 15) is 29.3 Å². The fourth-order valence-corrected chi connectivity index (χ4v) is 5.35. The van der Waals surface area contributed by atoms with Crippen LogP contribution in [0.4, 0.5) is 11.5 Å². The second-order valence-electron chi connectivity index (χ2n) is 9.57. The smallest absolute Gasteiger partial charge is 0.343 e. The highest BCUT2D eigenvalue weighted by atomic mass is 16.6. The summed E-state index contributed by atoms with van der Waals surface area (Å²) < 4.78 is 7.74. The third-order valence-corrected chi connectivity index (χ3v) is 7.35. The van der Waals surface area contributed by atoms with Crippen molar-refractivity contribution in [2.45, 2.75) is 5.92 Å². The van der Waals surface area contributed by atoms with Crippen molar-refractivity contribution in [3.05, 3.63) is 132 Å². The fraction of sp³-hybridized carbons (Fsp3) is 0.138. The second-order valence-corrected chi connectivity index (χ2v) is 9.57. The minimum absolute atomic E-state index is 0.135. The van der Waals surface area contributed by atoms with Crippen molar-refractivity contribution in [3.63, 3.8) is 0 Å². The Labute approximate surface area is 225 Å². The molecule has 198 valence electrons. The fourth-order valence-electron chi connectivity index (χ4n) is 5.35. The molecule has 6 rings (SSSR count). The summed E-state index contributed by atoms with van der Waals surface area (Å²) in [5, 5.41) is 10.9. The van der Waals surface area contributed by atoms with Crippen LogP contribution in [0.3, 0.4) is 0 Å². The zero-order chi connectivity index (χ0) is 28.3. The number of nitro benzene ring substituents is 1. The van der Waals surface area contributed by atoms with Crippen LogP contribution in [-0.4, -0.2) is 31.5 Å². The number of fused-ring (bicyclic) bond motifs is 4. The number of Topliss-reactive ketones (excluding diaryl/α,β-unsaturated/α-hetero) is 1. The summed E-state index contributed by atoms with van der Waals surface area (Å²) in [5.41, 5.74) is 1.41. The van der Waals surface area contributed by atoms with Crippen molar-refractivity contribution in [2.75, 3.05) is 0 Å². The SMILES string of the molecule is Cn1c2c(c(=O)n(C)c1=O)C(c1ccc(OC(=O)c3ccc([N+](=O)[O-])cc3)cc1)C1C(=O)c3ccccc3C1=N2. The molecule has 0 saturated heterocycles. The van der Waals surface area contributed by atoms with E-state index >= 15 is 0 Å². The predicted molar refractivity (Wildman–Crippen MR) is 144 cm³/mol. The third-order valence-electron chi connectivity index (χ3n) is 7.35. The summed E-state index contributed by atoms with van der Waals surface area (Å²) in [5.74, 6) is -2.00. The summed E-state index contributed by atoms with van der Waals surface area (Å²) in [7, 11) is 2.92. The lowest BCUT2D eigenvalue weighted by Crippen LogP contribution is -2.43. The summed E-state index contributed by atoms with van der Waals surface area (Å²) in [6, 6.07) is 18.5. The Kier molecular flexibility index (Phi) is 5.65. The van der Waals surface area contributed by atoms with Crippen LogP contribution < -0.4 is 16.0 Å². The number of hydrogen-bond acceptors (Lipinski definition) is 8. The van der Waals surface area contributed by atoms with Crippen LogP contribution in [0.25, 0.3) is 0 Å². The molecule has 40 heavy (non-hydrogen) atoms. The zero-order valence-corrected chi connectivity index (χ0v) is 21.2. The Morgan fingerprint density at radius 1 is 0.875 bits per heavy atom. The van der Waals surface area contributed by atoms with Gasteiger partial charge in [-0.15, -0.1) is 0 Å². The van der Waals surface area contributed by atoms with Crippen molar-refractivity contribution < 1.29 is 19.2 Å². The first-order valence-corrected chi connectivity index (χ1v) is 12.3. The van der Waals surface area contributed by atoms with E-state index in [0.29, 0.717) is 22.4 Å². The van der Waals surface area contributed by atoms with Gasteiger partial charge in [0.1, 0.15) is 11.6 Å². The number of ether oxygens (including phenoxy) is 1. The van der Waals surface area contributed by atoms with Gasteiger partial charge in [0, 0.05) is 43.3 Å². The van der Waals surface area contributed by atoms with Crippen LogP contribution in [0.15, 0.2) is 87.4 Å². The van der Waals surface area contributed by atoms with Crippen LogP contribution >= 0.6 is 0 Å². The topological polar surface area (TPSA) is 143 Å². The normalized spacial score (nSPS) is 16.9. The van der Waals surface area contributed by atoms with Gasteiger partial charge in [-0.1, -0.05) is 36.4 Å². The van der Waals surface area contributed by atoms with E-state index in [1.54, 1.807) is 48.5 Å². The molecule has 2 heterocycles. The maximum absolute atomic E-state index is 13.6. The minimum atomic E-state index is -0.774. The molecule has 0 radical (unpaired) electrons. The molecule has 1 aliphatic carbocycles. The maximum Gasteiger partial charge on any atom is 0.343 e. The number of aliphatic imine (C=N–C) groups is 1. The maximum atomic E-state index is 13.6. The van der Waals surface area contributed by atoms with E-state index in [4.69, 9.17) is 4.74 Å². The zero-order valence-electron chi connectivity index (χ0n) is 21.2. The van der Waals surface area contributed by atoms with Crippen molar-refractivity contribution in [2.24, 2.45) is 25.0 Å².